The summed E-state index contributed by atoms with van der Waals surface area (Å²) in [7, 11) is 0. The summed E-state index contributed by atoms with van der Waals surface area (Å²) in [6, 6.07) is 0. The van der Waals surface area contributed by atoms with E-state index in [1.165, 1.54) is 6.92 Å². The molecule has 3 heterocycles. The topological polar surface area (TPSA) is 163 Å². The van der Waals surface area contributed by atoms with E-state index in [1.54, 1.807) is 27.7 Å². The average Bonchev–Trinajstić information content (AvgIpc) is 3.43. The monoisotopic (exact) mass is 642 g/mol. The first kappa shape index (κ1) is 38.3. The van der Waals surface area contributed by atoms with Crippen LogP contribution in [0.25, 0.3) is 0 Å². The lowest BCUT2D eigenvalue weighted by Gasteiger charge is -2.49. The maximum Gasteiger partial charge on any atom is 0.311 e. The van der Waals surface area contributed by atoms with E-state index in [2.05, 4.69) is 0 Å². The number of hydrogen-bond donors (Lipinski definition) is 5. The molecule has 0 aromatic heterocycles. The second-order valence-electron chi connectivity index (χ2n) is 15.5. The van der Waals surface area contributed by atoms with Crippen LogP contribution in [0.2, 0.25) is 0 Å². The maximum atomic E-state index is 14.1. The molecule has 3 aliphatic rings. The molecule has 3 saturated heterocycles. The number of carbonyl (C=O) groups is 2. The number of ketones is 1. The summed E-state index contributed by atoms with van der Waals surface area (Å²) >= 11 is 0. The van der Waals surface area contributed by atoms with Crippen LogP contribution in [-0.4, -0.2) is 84.5 Å². The summed E-state index contributed by atoms with van der Waals surface area (Å²) in [6.07, 6.45) is 0.275. The standard InChI is InChI=1S/C35H62O10/c1-12-14-33(25(10)36)17-21(6)35(42,45-33)32(11)16-19(4)30(43-32)26(13-2)28(38)22(7)27(37)23(8)29-18(3)15-20(5)34(41,44-29)24(9)31(39)40/h18-27,29-30,36-37,41-42H,12-17H2,1-11H3,(H,39,40)/t18-,19+,20+,21+,22+,23-,24-,25-,26+,27-,29-,30+,32+,33+,34+,35+/m0/s1. The molecule has 262 valence electrons. The van der Waals surface area contributed by atoms with Gasteiger partial charge in [0.15, 0.2) is 11.6 Å². The first-order valence-corrected chi connectivity index (χ1v) is 17.3. The van der Waals surface area contributed by atoms with E-state index in [-0.39, 0.29) is 23.5 Å². The average molecular weight is 643 g/mol. The number of aliphatic hydroxyl groups is 4. The second kappa shape index (κ2) is 13.8. The summed E-state index contributed by atoms with van der Waals surface area (Å²) < 4.78 is 19.2. The van der Waals surface area contributed by atoms with E-state index in [0.29, 0.717) is 32.1 Å². The molecule has 0 aliphatic carbocycles. The Morgan fingerprint density at radius 3 is 2.00 bits per heavy atom. The Kier molecular flexibility index (Phi) is 11.7. The SMILES string of the molecule is CCC[C@]1([C@H](C)O)C[C@@H](C)[C@](O)([C@@]2(C)C[C@@H](C)[C@H]([C@H](CC)C(=O)[C@H](C)[C@H](O)[C@H](C)[C@H]3O[C@@](O)([C@@H](C)C(=O)O)[C@H](C)C[C@@H]3C)O2)O1. The van der Waals surface area contributed by atoms with E-state index in [4.69, 9.17) is 14.2 Å². The summed E-state index contributed by atoms with van der Waals surface area (Å²) in [4.78, 5) is 25.9. The van der Waals surface area contributed by atoms with Crippen LogP contribution in [0.1, 0.15) is 115 Å². The number of rotatable bonds is 13. The maximum absolute atomic E-state index is 14.1. The quantitative estimate of drug-likeness (QED) is 0.193. The molecule has 3 fully saturated rings. The van der Waals surface area contributed by atoms with Crippen molar-refractivity contribution in [2.75, 3.05) is 0 Å². The number of carbonyl (C=O) groups excluding carboxylic acids is 1. The molecule has 5 N–H and O–H groups in total. The number of Topliss-reactive ketones (excluding diaryl/α,β-unsaturated/α-hetero) is 1. The number of aliphatic hydroxyl groups excluding tert-OH is 2. The minimum Gasteiger partial charge on any atom is -0.481 e. The summed E-state index contributed by atoms with van der Waals surface area (Å²) in [6.45, 7) is 20.0. The zero-order valence-electron chi connectivity index (χ0n) is 29.4. The zero-order valence-corrected chi connectivity index (χ0v) is 29.4. The first-order valence-electron chi connectivity index (χ1n) is 17.3. The molecule has 10 heteroatoms. The Labute approximate surface area is 270 Å². The predicted octanol–water partition coefficient (Wildman–Crippen LogP) is 4.53. The van der Waals surface area contributed by atoms with E-state index in [1.807, 2.05) is 41.5 Å². The van der Waals surface area contributed by atoms with Crippen molar-refractivity contribution >= 4 is 11.8 Å². The van der Waals surface area contributed by atoms with Crippen molar-refractivity contribution in [1.82, 2.24) is 0 Å². The minimum atomic E-state index is -1.89. The van der Waals surface area contributed by atoms with Crippen molar-refractivity contribution in [3.8, 4) is 0 Å². The third-order valence-electron chi connectivity index (χ3n) is 12.1. The molecule has 0 amide bonds. The van der Waals surface area contributed by atoms with Crippen LogP contribution in [0.5, 0.6) is 0 Å². The van der Waals surface area contributed by atoms with Crippen molar-refractivity contribution < 1.29 is 49.3 Å². The Hall–Kier alpha value is -1.14. The number of hydrogen-bond acceptors (Lipinski definition) is 9. The molecule has 3 rings (SSSR count). The van der Waals surface area contributed by atoms with Gasteiger partial charge in [-0.1, -0.05) is 61.8 Å². The van der Waals surface area contributed by atoms with Gasteiger partial charge in [-0.2, -0.15) is 0 Å². The minimum absolute atomic E-state index is 0.0790. The highest BCUT2D eigenvalue weighted by Gasteiger charge is 2.67. The third-order valence-corrected chi connectivity index (χ3v) is 12.1. The first-order chi connectivity index (χ1) is 20.7. The molecule has 0 spiro atoms. The van der Waals surface area contributed by atoms with Gasteiger partial charge in [-0.05, 0) is 64.7 Å². The molecule has 0 aromatic carbocycles. The molecule has 0 bridgehead atoms. The van der Waals surface area contributed by atoms with Gasteiger partial charge < -0.3 is 39.7 Å². The molecule has 0 radical (unpaired) electrons. The third kappa shape index (κ3) is 6.63. The number of ether oxygens (including phenoxy) is 3. The highest BCUT2D eigenvalue weighted by atomic mass is 16.7. The molecule has 10 nitrogen and oxygen atoms in total. The number of aliphatic carboxylic acids is 1. The van der Waals surface area contributed by atoms with Crippen molar-refractivity contribution in [2.24, 2.45) is 47.3 Å². The van der Waals surface area contributed by atoms with Gasteiger partial charge in [0, 0.05) is 29.6 Å². The highest BCUT2D eigenvalue weighted by Crippen LogP contribution is 2.56. The molecule has 16 atom stereocenters. The van der Waals surface area contributed by atoms with Crippen molar-refractivity contribution in [3.63, 3.8) is 0 Å². The normalized spacial score (nSPS) is 44.6. The van der Waals surface area contributed by atoms with Crippen molar-refractivity contribution in [1.29, 1.82) is 0 Å². The zero-order chi connectivity index (χ0) is 34.4. The van der Waals surface area contributed by atoms with Crippen LogP contribution in [-0.2, 0) is 23.8 Å². The lowest BCUT2D eigenvalue weighted by atomic mass is 9.72. The molecule has 0 aromatic rings. The Morgan fingerprint density at radius 1 is 0.889 bits per heavy atom. The van der Waals surface area contributed by atoms with Crippen LogP contribution >= 0.6 is 0 Å². The van der Waals surface area contributed by atoms with Crippen LogP contribution in [0, 0.1) is 47.3 Å². The van der Waals surface area contributed by atoms with Crippen molar-refractivity contribution in [3.05, 3.63) is 0 Å². The van der Waals surface area contributed by atoms with Crippen LogP contribution in [0.4, 0.5) is 0 Å². The Morgan fingerprint density at radius 2 is 1.49 bits per heavy atom. The fraction of sp³-hybridized carbons (Fsp3) is 0.943. The summed E-state index contributed by atoms with van der Waals surface area (Å²) in [5.74, 6) is -8.84. The van der Waals surface area contributed by atoms with Crippen molar-refractivity contribution in [2.45, 2.75) is 162 Å². The smallest absolute Gasteiger partial charge is 0.311 e. The molecule has 3 aliphatic heterocycles. The molecular weight excluding hydrogens is 580 g/mol. The van der Waals surface area contributed by atoms with Gasteiger partial charge in [-0.15, -0.1) is 0 Å². The van der Waals surface area contributed by atoms with E-state index in [0.717, 1.165) is 6.42 Å². The largest absolute Gasteiger partial charge is 0.481 e. The van der Waals surface area contributed by atoms with Crippen LogP contribution in [0.3, 0.4) is 0 Å². The van der Waals surface area contributed by atoms with Gasteiger partial charge in [0.05, 0.1) is 30.0 Å². The van der Waals surface area contributed by atoms with Gasteiger partial charge in [0.1, 0.15) is 17.3 Å². The number of carboxylic acids is 1. The van der Waals surface area contributed by atoms with E-state index < -0.39 is 82.8 Å². The van der Waals surface area contributed by atoms with E-state index in [9.17, 15) is 35.1 Å². The highest BCUT2D eigenvalue weighted by molar-refractivity contribution is 5.84. The van der Waals surface area contributed by atoms with Gasteiger partial charge >= 0.3 is 5.97 Å². The van der Waals surface area contributed by atoms with Crippen LogP contribution < -0.4 is 0 Å². The lowest BCUT2D eigenvalue weighted by molar-refractivity contribution is -0.332. The molecular formula is C35H62O10. The fourth-order valence-electron chi connectivity index (χ4n) is 9.08. The van der Waals surface area contributed by atoms with Gasteiger partial charge in [-0.25, -0.2) is 0 Å². The summed E-state index contributed by atoms with van der Waals surface area (Å²) in [5.41, 5.74) is -1.99. The molecule has 45 heavy (non-hydrogen) atoms. The van der Waals surface area contributed by atoms with Gasteiger partial charge in [0.2, 0.25) is 0 Å². The molecule has 0 saturated carbocycles. The lowest BCUT2D eigenvalue weighted by Crippen LogP contribution is -2.58. The second-order valence-corrected chi connectivity index (χ2v) is 15.5. The Balaban J connectivity index is 1.80. The van der Waals surface area contributed by atoms with Gasteiger partial charge in [-0.3, -0.25) is 9.59 Å². The van der Waals surface area contributed by atoms with Crippen LogP contribution in [0.15, 0.2) is 0 Å². The molecule has 0 unspecified atom stereocenters. The predicted molar refractivity (Wildman–Crippen MR) is 169 cm³/mol. The number of carboxylic acid groups (broad SMARTS) is 1. The van der Waals surface area contributed by atoms with Gasteiger partial charge in [0.25, 0.3) is 0 Å². The Bertz CT molecular complexity index is 1050. The summed E-state index contributed by atoms with van der Waals surface area (Å²) in [5, 5.41) is 55.2. The fourth-order valence-corrected chi connectivity index (χ4v) is 9.08. The van der Waals surface area contributed by atoms with E-state index >= 15 is 0 Å².